The molecule has 0 spiro atoms. The number of rotatable bonds is 6. The number of hydrogen-bond donors (Lipinski definition) is 0. The van der Waals surface area contributed by atoms with Gasteiger partial charge in [-0.15, -0.1) is 11.6 Å². The van der Waals surface area contributed by atoms with Crippen molar-refractivity contribution in [3.8, 4) is 0 Å². The zero-order valence-corrected chi connectivity index (χ0v) is 13.1. The molecule has 21 heavy (non-hydrogen) atoms. The predicted octanol–water partition coefficient (Wildman–Crippen LogP) is 3.18. The van der Waals surface area contributed by atoms with Crippen LogP contribution in [0.2, 0.25) is 0 Å². The van der Waals surface area contributed by atoms with E-state index in [1.807, 2.05) is 23.7 Å². The fourth-order valence-corrected chi connectivity index (χ4v) is 2.85. The van der Waals surface area contributed by atoms with Gasteiger partial charge in [0.2, 0.25) is 0 Å². The Kier molecular flexibility index (Phi) is 4.01. The van der Waals surface area contributed by atoms with Gasteiger partial charge in [0.25, 0.3) is 0 Å². The van der Waals surface area contributed by atoms with Crippen LogP contribution in [-0.2, 0) is 25.9 Å². The van der Waals surface area contributed by atoms with Crippen LogP contribution in [0.4, 0.5) is 0 Å². The molecule has 0 saturated heterocycles. The monoisotopic (exact) mass is 306 g/mol. The van der Waals surface area contributed by atoms with Gasteiger partial charge in [-0.1, -0.05) is 0 Å². The molecule has 0 fully saturated rings. The summed E-state index contributed by atoms with van der Waals surface area (Å²) in [5, 5.41) is 4.55. The number of fused-ring (bicyclic) bond motifs is 1. The Hall–Kier alpha value is -1.75. The van der Waals surface area contributed by atoms with Gasteiger partial charge in [-0.3, -0.25) is 0 Å². The van der Waals surface area contributed by atoms with Crippen molar-refractivity contribution in [3.63, 3.8) is 0 Å². The molecule has 0 aliphatic rings. The average Bonchev–Trinajstić information content (AvgIpc) is 3.16. The summed E-state index contributed by atoms with van der Waals surface area (Å²) in [5.74, 6) is 2.57. The van der Waals surface area contributed by atoms with Crippen molar-refractivity contribution in [2.24, 2.45) is 0 Å². The predicted molar refractivity (Wildman–Crippen MR) is 82.8 cm³/mol. The Morgan fingerprint density at radius 2 is 2.19 bits per heavy atom. The van der Waals surface area contributed by atoms with Crippen LogP contribution in [0.3, 0.4) is 0 Å². The molecule has 0 aliphatic heterocycles. The van der Waals surface area contributed by atoms with Crippen molar-refractivity contribution in [3.05, 3.63) is 35.7 Å². The highest BCUT2D eigenvalue weighted by Gasteiger charge is 2.17. The first-order valence-corrected chi connectivity index (χ1v) is 7.79. The summed E-state index contributed by atoms with van der Waals surface area (Å²) in [6, 6.07) is 3.91. The van der Waals surface area contributed by atoms with Gasteiger partial charge in [0.05, 0.1) is 12.0 Å². The molecule has 0 radical (unpaired) electrons. The van der Waals surface area contributed by atoms with E-state index >= 15 is 0 Å². The van der Waals surface area contributed by atoms with Gasteiger partial charge in [0.1, 0.15) is 17.1 Å². The SMILES string of the molecule is CCn1nc(C)c2nc(CCCl)n(CCc3ccco3)c21. The third-order valence-electron chi connectivity index (χ3n) is 3.66. The van der Waals surface area contributed by atoms with Crippen LogP contribution in [0.5, 0.6) is 0 Å². The van der Waals surface area contributed by atoms with E-state index in [1.165, 1.54) is 0 Å². The minimum Gasteiger partial charge on any atom is -0.469 e. The highest BCUT2D eigenvalue weighted by atomic mass is 35.5. The van der Waals surface area contributed by atoms with Crippen molar-refractivity contribution in [1.82, 2.24) is 19.3 Å². The Balaban J connectivity index is 2.01. The first-order chi connectivity index (χ1) is 10.2. The lowest BCUT2D eigenvalue weighted by atomic mass is 10.3. The zero-order valence-electron chi connectivity index (χ0n) is 12.3. The van der Waals surface area contributed by atoms with Crippen LogP contribution in [-0.4, -0.2) is 25.2 Å². The van der Waals surface area contributed by atoms with Gasteiger partial charge in [0.15, 0.2) is 5.65 Å². The third-order valence-corrected chi connectivity index (χ3v) is 3.85. The number of nitrogens with zero attached hydrogens (tertiary/aromatic N) is 4. The standard InChI is InChI=1S/C15H19ClN4O/c1-3-20-15-14(11(2)18-20)17-13(6-8-16)19(15)9-7-12-5-4-10-21-12/h4-5,10H,3,6-9H2,1-2H3. The second-order valence-electron chi connectivity index (χ2n) is 5.02. The molecular weight excluding hydrogens is 288 g/mol. The minimum atomic E-state index is 0.568. The lowest BCUT2D eigenvalue weighted by molar-refractivity contribution is 0.487. The molecule has 3 aromatic heterocycles. The van der Waals surface area contributed by atoms with Crippen LogP contribution >= 0.6 is 11.6 Å². The van der Waals surface area contributed by atoms with Gasteiger partial charge in [0, 0.05) is 31.8 Å². The van der Waals surface area contributed by atoms with Crippen molar-refractivity contribution in [1.29, 1.82) is 0 Å². The maximum Gasteiger partial charge on any atom is 0.158 e. The fraction of sp³-hybridized carbons (Fsp3) is 0.467. The molecule has 0 unspecified atom stereocenters. The molecule has 6 heteroatoms. The maximum atomic E-state index is 5.92. The quantitative estimate of drug-likeness (QED) is 0.657. The Morgan fingerprint density at radius 3 is 2.86 bits per heavy atom. The number of alkyl halides is 1. The topological polar surface area (TPSA) is 48.8 Å². The van der Waals surface area contributed by atoms with Crippen molar-refractivity contribution in [2.75, 3.05) is 5.88 Å². The summed E-state index contributed by atoms with van der Waals surface area (Å²) >= 11 is 5.92. The lowest BCUT2D eigenvalue weighted by Gasteiger charge is -2.09. The molecule has 3 rings (SSSR count). The molecule has 0 aliphatic carbocycles. The molecular formula is C15H19ClN4O. The molecule has 3 heterocycles. The van der Waals surface area contributed by atoms with E-state index in [0.29, 0.717) is 5.88 Å². The largest absolute Gasteiger partial charge is 0.469 e. The summed E-state index contributed by atoms with van der Waals surface area (Å²) < 4.78 is 9.66. The molecule has 0 atom stereocenters. The highest BCUT2D eigenvalue weighted by Crippen LogP contribution is 2.21. The van der Waals surface area contributed by atoms with E-state index in [4.69, 9.17) is 21.0 Å². The molecule has 112 valence electrons. The van der Waals surface area contributed by atoms with E-state index in [9.17, 15) is 0 Å². The van der Waals surface area contributed by atoms with Gasteiger partial charge >= 0.3 is 0 Å². The summed E-state index contributed by atoms with van der Waals surface area (Å²) in [5.41, 5.74) is 3.04. The molecule has 0 saturated carbocycles. The van der Waals surface area contributed by atoms with Crippen LogP contribution in [0.25, 0.3) is 11.2 Å². The normalized spacial score (nSPS) is 11.6. The second-order valence-corrected chi connectivity index (χ2v) is 5.40. The Bertz CT molecular complexity index is 727. The van der Waals surface area contributed by atoms with Gasteiger partial charge in [-0.2, -0.15) is 5.10 Å². The van der Waals surface area contributed by atoms with E-state index in [-0.39, 0.29) is 0 Å². The lowest BCUT2D eigenvalue weighted by Crippen LogP contribution is -2.11. The van der Waals surface area contributed by atoms with Crippen molar-refractivity contribution < 1.29 is 4.42 Å². The van der Waals surface area contributed by atoms with Crippen LogP contribution < -0.4 is 0 Å². The van der Waals surface area contributed by atoms with E-state index in [0.717, 1.165) is 54.4 Å². The summed E-state index contributed by atoms with van der Waals surface area (Å²) in [6.07, 6.45) is 3.30. The second kappa shape index (κ2) is 5.93. The molecule has 3 aromatic rings. The van der Waals surface area contributed by atoms with Crippen LogP contribution in [0.15, 0.2) is 22.8 Å². The number of hydrogen-bond acceptors (Lipinski definition) is 3. The number of aromatic nitrogens is 4. The number of halogens is 1. The average molecular weight is 307 g/mol. The van der Waals surface area contributed by atoms with Gasteiger partial charge in [-0.25, -0.2) is 9.67 Å². The molecule has 0 aromatic carbocycles. The number of aryl methyl sites for hydroxylation is 5. The first kappa shape index (κ1) is 14.2. The van der Waals surface area contributed by atoms with Crippen LogP contribution in [0.1, 0.15) is 24.2 Å². The molecule has 5 nitrogen and oxygen atoms in total. The van der Waals surface area contributed by atoms with Crippen molar-refractivity contribution in [2.45, 2.75) is 39.8 Å². The Labute approximate surface area is 128 Å². The van der Waals surface area contributed by atoms with Gasteiger partial charge < -0.3 is 8.98 Å². The first-order valence-electron chi connectivity index (χ1n) is 7.25. The highest BCUT2D eigenvalue weighted by molar-refractivity contribution is 6.17. The molecule has 0 amide bonds. The van der Waals surface area contributed by atoms with E-state index in [1.54, 1.807) is 6.26 Å². The smallest absolute Gasteiger partial charge is 0.158 e. The zero-order chi connectivity index (χ0) is 14.8. The molecule has 0 bridgehead atoms. The summed E-state index contributed by atoms with van der Waals surface area (Å²) in [6.45, 7) is 5.75. The fourth-order valence-electron chi connectivity index (χ4n) is 2.68. The molecule has 0 N–H and O–H groups in total. The maximum absolute atomic E-state index is 5.92. The summed E-state index contributed by atoms with van der Waals surface area (Å²) in [4.78, 5) is 4.74. The third kappa shape index (κ3) is 2.58. The van der Waals surface area contributed by atoms with Crippen molar-refractivity contribution >= 4 is 22.8 Å². The number of imidazole rings is 1. The minimum absolute atomic E-state index is 0.568. The summed E-state index contributed by atoms with van der Waals surface area (Å²) in [7, 11) is 0. The Morgan fingerprint density at radius 1 is 1.33 bits per heavy atom. The number of furan rings is 1. The van der Waals surface area contributed by atoms with E-state index < -0.39 is 0 Å². The van der Waals surface area contributed by atoms with Gasteiger partial charge in [-0.05, 0) is 26.0 Å². The van der Waals surface area contributed by atoms with Crippen LogP contribution in [0, 0.1) is 6.92 Å². The van der Waals surface area contributed by atoms with E-state index in [2.05, 4.69) is 16.6 Å².